The molecule has 0 spiro atoms. The fourth-order valence-corrected chi connectivity index (χ4v) is 2.90. The van der Waals surface area contributed by atoms with Crippen LogP contribution in [-0.4, -0.2) is 14.2 Å². The Morgan fingerprint density at radius 3 is 2.33 bits per heavy atom. The molecule has 0 amide bonds. The molecule has 0 aliphatic carbocycles. The summed E-state index contributed by atoms with van der Waals surface area (Å²) in [6.07, 6.45) is -2.31. The Morgan fingerprint density at radius 2 is 1.71 bits per heavy atom. The molecule has 2 N–H and O–H groups in total. The molecule has 124 valence electrons. The minimum atomic E-state index is -4.98. The maximum atomic E-state index is 12.6. The molecule has 1 atom stereocenters. The normalized spacial score (nSPS) is 23.2. The predicted molar refractivity (Wildman–Crippen MR) is 86.6 cm³/mol. The number of Topliss-reactive ketones (excluding diaryl/α,β-unsaturated/α-hetero) is 1. The summed E-state index contributed by atoms with van der Waals surface area (Å²) >= 11 is 0. The van der Waals surface area contributed by atoms with Gasteiger partial charge in [0.2, 0.25) is 17.4 Å². The molecule has 1 heterocycles. The Bertz CT molecular complexity index is 1010. The van der Waals surface area contributed by atoms with E-state index in [1.165, 1.54) is 36.4 Å². The van der Waals surface area contributed by atoms with E-state index in [0.717, 1.165) is 0 Å². The molecule has 24 heavy (non-hydrogen) atoms. The first-order chi connectivity index (χ1) is 12.6. The fraction of sp³-hybridized carbons (Fsp3) is 0.118. The smallest absolute Gasteiger partial charge is 0.313 e. The first kappa shape index (κ1) is 12.6. The van der Waals surface area contributed by atoms with Crippen molar-refractivity contribution in [2.75, 3.05) is 0 Å². The van der Waals surface area contributed by atoms with Crippen LogP contribution in [0, 0.1) is 0 Å². The molecule has 0 aromatic heterocycles. The second-order valence-electron chi connectivity index (χ2n) is 4.83. The van der Waals surface area contributed by atoms with Crippen LogP contribution in [0.4, 0.5) is 0 Å². The molecule has 2 aromatic carbocycles. The minimum Gasteiger partial charge on any atom is -0.460 e. The predicted octanol–water partition coefficient (Wildman–Crippen LogP) is 2.00. The fourth-order valence-electron chi connectivity index (χ4n) is 2.06. The van der Waals surface area contributed by atoms with Crippen molar-refractivity contribution in [1.82, 2.24) is 0 Å². The van der Waals surface area contributed by atoms with Crippen molar-refractivity contribution in [3.05, 3.63) is 83.4 Å². The molecule has 2 aromatic rings. The van der Waals surface area contributed by atoms with E-state index < -0.39 is 39.3 Å². The van der Waals surface area contributed by atoms with Crippen molar-refractivity contribution in [2.24, 2.45) is 5.73 Å². The molecule has 0 saturated heterocycles. The summed E-state index contributed by atoms with van der Waals surface area (Å²) in [6.45, 7) is 0. The van der Waals surface area contributed by atoms with Gasteiger partial charge in [0.15, 0.2) is 6.08 Å². The van der Waals surface area contributed by atoms with E-state index >= 15 is 0 Å². The van der Waals surface area contributed by atoms with Crippen LogP contribution in [0.25, 0.3) is 0 Å². The zero-order valence-corrected chi connectivity index (χ0v) is 13.1. The molecule has 3 rings (SSSR count). The molecular formula is C17H15NO5S. The largest absolute Gasteiger partial charge is 0.460 e. The van der Waals surface area contributed by atoms with Crippen molar-refractivity contribution >= 4 is 15.9 Å². The van der Waals surface area contributed by atoms with Gasteiger partial charge in [-0.3, -0.25) is 4.79 Å². The lowest BCUT2D eigenvalue weighted by atomic mass is 10.1. The number of nitrogens with two attached hydrogens (primary N) is 1. The average Bonchev–Trinajstić information content (AvgIpc) is 2.87. The lowest BCUT2D eigenvalue weighted by Gasteiger charge is -2.09. The van der Waals surface area contributed by atoms with Crippen LogP contribution < -0.4 is 5.73 Å². The second kappa shape index (κ2) is 6.37. The highest BCUT2D eigenvalue weighted by Crippen LogP contribution is 2.32. The van der Waals surface area contributed by atoms with Crippen LogP contribution in [0.2, 0.25) is 0 Å². The van der Waals surface area contributed by atoms with E-state index in [1.54, 1.807) is 24.3 Å². The van der Waals surface area contributed by atoms with Crippen LogP contribution >= 0.6 is 0 Å². The van der Waals surface area contributed by atoms with E-state index in [1.807, 2.05) is 0 Å². The van der Waals surface area contributed by atoms with Crippen molar-refractivity contribution in [3.63, 3.8) is 0 Å². The summed E-state index contributed by atoms with van der Waals surface area (Å²) in [5.74, 6) is -2.77. The third-order valence-corrected chi connectivity index (χ3v) is 3.97. The van der Waals surface area contributed by atoms with E-state index in [2.05, 4.69) is 0 Å². The van der Waals surface area contributed by atoms with Crippen LogP contribution in [0.15, 0.2) is 72.3 Å². The first-order valence-corrected chi connectivity index (χ1v) is 8.29. The van der Waals surface area contributed by atoms with Crippen LogP contribution in [-0.2, 0) is 29.5 Å². The van der Waals surface area contributed by atoms with Gasteiger partial charge < -0.3 is 14.7 Å². The van der Waals surface area contributed by atoms with E-state index in [9.17, 15) is 13.2 Å². The topological polar surface area (TPSA) is 95.7 Å². The number of carbonyl (C=O) groups is 1. The van der Waals surface area contributed by atoms with Gasteiger partial charge in [0.05, 0.1) is 4.11 Å². The monoisotopic (exact) mass is 348 g/mol. The number of carbonyl (C=O) groups excluding carboxylic acids is 1. The number of benzene rings is 2. The average molecular weight is 348 g/mol. The summed E-state index contributed by atoms with van der Waals surface area (Å²) in [5, 5.41) is 0. The Labute approximate surface area is 143 Å². The number of hydrogen-bond donors (Lipinski definition) is 1. The molecule has 0 unspecified atom stereocenters. The van der Waals surface area contributed by atoms with Crippen LogP contribution in [0.1, 0.15) is 21.3 Å². The quantitative estimate of drug-likeness (QED) is 0.830. The summed E-state index contributed by atoms with van der Waals surface area (Å²) in [4.78, 5) is 12.6. The van der Waals surface area contributed by atoms with Gasteiger partial charge in [0.1, 0.15) is 5.70 Å². The maximum absolute atomic E-state index is 12.6. The second-order valence-corrected chi connectivity index (χ2v) is 6.10. The highest BCUT2D eigenvalue weighted by Gasteiger charge is 2.39. The summed E-state index contributed by atoms with van der Waals surface area (Å²) in [5.41, 5.74) is 2.56. The number of ketones is 1. The molecular weight excluding hydrogens is 330 g/mol. The Morgan fingerprint density at radius 1 is 1.12 bits per heavy atom. The van der Waals surface area contributed by atoms with Gasteiger partial charge in [-0.05, 0) is 5.56 Å². The Kier molecular flexibility index (Phi) is 3.34. The minimum absolute atomic E-state index is 0.125. The van der Waals surface area contributed by atoms with Crippen molar-refractivity contribution in [3.8, 4) is 0 Å². The molecule has 0 fully saturated rings. The van der Waals surface area contributed by atoms with Crippen molar-refractivity contribution in [2.45, 2.75) is 11.8 Å². The Hall–Kier alpha value is -2.80. The van der Waals surface area contributed by atoms with Gasteiger partial charge in [-0.2, -0.15) is 8.42 Å². The SMILES string of the molecule is [2H]C([2H])(c1ccccc1)S(=O)(=O)OC1=C(N)O[C@@]([2H])(c2ccccc2)C1=O. The number of hydrogen-bond acceptors (Lipinski definition) is 6. The summed E-state index contributed by atoms with van der Waals surface area (Å²) in [7, 11) is -4.98. The standard InChI is InChI=1S/C17H15NO5S/c18-17-16(14(19)15(22-17)13-9-5-2-6-10-13)23-24(20,21)11-12-7-3-1-4-8-12/h1-10,15H,11,18H2/t15-/m0/s1/i11D2,15D. The molecule has 1 aliphatic heterocycles. The lowest BCUT2D eigenvalue weighted by molar-refractivity contribution is -0.123. The summed E-state index contributed by atoms with van der Waals surface area (Å²) in [6, 6.07) is 14.8. The van der Waals surface area contributed by atoms with Crippen LogP contribution in [0.5, 0.6) is 0 Å². The van der Waals surface area contributed by atoms with Crippen LogP contribution in [0.3, 0.4) is 0 Å². The third-order valence-electron chi connectivity index (χ3n) is 3.09. The highest BCUT2D eigenvalue weighted by atomic mass is 32.2. The number of rotatable bonds is 5. The molecule has 6 nitrogen and oxygen atoms in total. The van der Waals surface area contributed by atoms with Gasteiger partial charge >= 0.3 is 10.1 Å². The molecule has 7 heteroatoms. The third kappa shape index (κ3) is 3.41. The summed E-state index contributed by atoms with van der Waals surface area (Å²) < 4.78 is 58.9. The number of ether oxygens (including phenoxy) is 1. The molecule has 0 radical (unpaired) electrons. The zero-order chi connectivity index (χ0) is 19.9. The molecule has 0 bridgehead atoms. The van der Waals surface area contributed by atoms with Gasteiger partial charge in [0.25, 0.3) is 0 Å². The van der Waals surface area contributed by atoms with E-state index in [0.29, 0.717) is 0 Å². The molecule has 0 saturated carbocycles. The van der Waals surface area contributed by atoms with E-state index in [-0.39, 0.29) is 11.1 Å². The molecule has 1 aliphatic rings. The van der Waals surface area contributed by atoms with Gasteiger partial charge in [-0.25, -0.2) is 0 Å². The lowest BCUT2D eigenvalue weighted by Crippen LogP contribution is -2.16. The maximum Gasteiger partial charge on any atom is 0.313 e. The van der Waals surface area contributed by atoms with Gasteiger partial charge in [0, 0.05) is 5.56 Å². The van der Waals surface area contributed by atoms with E-state index in [4.69, 9.17) is 18.8 Å². The van der Waals surface area contributed by atoms with Crippen molar-refractivity contribution in [1.29, 1.82) is 0 Å². The first-order valence-electron chi connectivity index (χ1n) is 8.38. The Balaban J connectivity index is 1.94. The highest BCUT2D eigenvalue weighted by molar-refractivity contribution is 7.86. The zero-order valence-electron chi connectivity index (χ0n) is 15.3. The van der Waals surface area contributed by atoms with Crippen molar-refractivity contribution < 1.29 is 26.2 Å². The van der Waals surface area contributed by atoms with Gasteiger partial charge in [-0.15, -0.1) is 0 Å². The van der Waals surface area contributed by atoms with Gasteiger partial charge in [-0.1, -0.05) is 60.7 Å².